The summed E-state index contributed by atoms with van der Waals surface area (Å²) < 4.78 is 31.3. The fraction of sp³-hybridized carbons (Fsp3) is 0.684. The normalized spacial score (nSPS) is 22.8. The van der Waals surface area contributed by atoms with Crippen molar-refractivity contribution in [2.75, 3.05) is 45.9 Å². The number of ether oxygens (including phenoxy) is 1. The molecule has 5 nitrogen and oxygen atoms in total. The monoisotopic (exact) mass is 370 g/mol. The summed E-state index contributed by atoms with van der Waals surface area (Å²) in [5.41, 5.74) is 0.972. The average molecular weight is 370 g/mol. The minimum absolute atomic E-state index is 0.174. The number of β-amino-alcohol motifs (C(OH)–C–C–N with tert-alkyl or cyclic N) is 1. The highest BCUT2D eigenvalue weighted by molar-refractivity contribution is 5.27. The maximum Gasteiger partial charge on any atom is 0.272 e. The molecule has 2 N–H and O–H groups in total. The Kier molecular flexibility index (Phi) is 6.45. The lowest BCUT2D eigenvalue weighted by Gasteiger charge is -2.38. The molecule has 0 saturated carbocycles. The third kappa shape index (κ3) is 5.61. The SMILES string of the molecule is OCC1CCN(CC(O)COc2ccc(CN3CC(F)(F)C3)cc2)CC1. The Balaban J connectivity index is 1.35. The number of hydrogen-bond acceptors (Lipinski definition) is 5. The molecule has 2 aliphatic heterocycles. The Labute approximate surface area is 153 Å². The van der Waals surface area contributed by atoms with Crippen LogP contribution < -0.4 is 4.74 Å². The third-order valence-electron chi connectivity index (χ3n) is 5.12. The first-order valence-electron chi connectivity index (χ1n) is 9.27. The summed E-state index contributed by atoms with van der Waals surface area (Å²) in [6.45, 7) is 2.99. The van der Waals surface area contributed by atoms with Crippen LogP contribution in [0.5, 0.6) is 5.75 Å². The fourth-order valence-corrected chi connectivity index (χ4v) is 3.56. The molecule has 1 aromatic rings. The molecule has 2 aliphatic rings. The number of likely N-dealkylation sites (tertiary alicyclic amines) is 2. The lowest BCUT2D eigenvalue weighted by molar-refractivity contribution is -0.133. The Morgan fingerprint density at radius 2 is 1.77 bits per heavy atom. The zero-order chi connectivity index (χ0) is 18.6. The van der Waals surface area contributed by atoms with Gasteiger partial charge in [-0.3, -0.25) is 4.90 Å². The van der Waals surface area contributed by atoms with Crippen molar-refractivity contribution >= 4 is 0 Å². The summed E-state index contributed by atoms with van der Waals surface area (Å²) >= 11 is 0. The number of rotatable bonds is 8. The van der Waals surface area contributed by atoms with E-state index in [9.17, 15) is 13.9 Å². The molecule has 26 heavy (non-hydrogen) atoms. The van der Waals surface area contributed by atoms with E-state index in [0.29, 0.717) is 24.8 Å². The molecule has 1 atom stereocenters. The molecule has 0 bridgehead atoms. The molecule has 146 valence electrons. The van der Waals surface area contributed by atoms with Gasteiger partial charge in [0.1, 0.15) is 18.5 Å². The smallest absolute Gasteiger partial charge is 0.272 e. The average Bonchev–Trinajstić information content (AvgIpc) is 2.60. The molecule has 1 unspecified atom stereocenters. The van der Waals surface area contributed by atoms with Gasteiger partial charge in [0.25, 0.3) is 5.92 Å². The van der Waals surface area contributed by atoms with Crippen molar-refractivity contribution in [3.63, 3.8) is 0 Å². The molecule has 0 aromatic heterocycles. The van der Waals surface area contributed by atoms with Crippen LogP contribution >= 0.6 is 0 Å². The molecular formula is C19H28F2N2O3. The van der Waals surface area contributed by atoms with Gasteiger partial charge in [0.15, 0.2) is 0 Å². The van der Waals surface area contributed by atoms with Gasteiger partial charge >= 0.3 is 0 Å². The van der Waals surface area contributed by atoms with Gasteiger partial charge in [-0.25, -0.2) is 8.78 Å². The van der Waals surface area contributed by atoms with Crippen molar-refractivity contribution in [2.24, 2.45) is 5.92 Å². The van der Waals surface area contributed by atoms with E-state index in [1.54, 1.807) is 4.90 Å². The zero-order valence-corrected chi connectivity index (χ0v) is 15.0. The number of alkyl halides is 2. The van der Waals surface area contributed by atoms with Gasteiger partial charge in [0, 0.05) is 19.7 Å². The number of piperidine rings is 1. The molecule has 3 rings (SSSR count). The van der Waals surface area contributed by atoms with Gasteiger partial charge in [-0.1, -0.05) is 12.1 Å². The van der Waals surface area contributed by atoms with E-state index < -0.39 is 12.0 Å². The summed E-state index contributed by atoms with van der Waals surface area (Å²) in [5.74, 6) is -1.48. The quantitative estimate of drug-likeness (QED) is 0.728. The first-order chi connectivity index (χ1) is 12.4. The number of halogens is 2. The fourth-order valence-electron chi connectivity index (χ4n) is 3.56. The number of nitrogens with zero attached hydrogens (tertiary/aromatic N) is 2. The van der Waals surface area contributed by atoms with Crippen LogP contribution in [0.2, 0.25) is 0 Å². The van der Waals surface area contributed by atoms with Crippen molar-refractivity contribution in [1.82, 2.24) is 9.80 Å². The summed E-state index contributed by atoms with van der Waals surface area (Å²) in [4.78, 5) is 3.91. The van der Waals surface area contributed by atoms with E-state index in [0.717, 1.165) is 31.5 Å². The second-order valence-electron chi connectivity index (χ2n) is 7.54. The molecule has 2 fully saturated rings. The van der Waals surface area contributed by atoms with Crippen molar-refractivity contribution in [2.45, 2.75) is 31.4 Å². The highest BCUT2D eigenvalue weighted by Crippen LogP contribution is 2.28. The summed E-state index contributed by atoms with van der Waals surface area (Å²) in [6.07, 6.45) is 1.37. The Bertz CT molecular complexity index is 554. The van der Waals surface area contributed by atoms with E-state index in [1.807, 2.05) is 24.3 Å². The second kappa shape index (κ2) is 8.61. The predicted octanol–water partition coefficient (Wildman–Crippen LogP) is 1.58. The molecule has 2 heterocycles. The van der Waals surface area contributed by atoms with Crippen molar-refractivity contribution in [3.05, 3.63) is 29.8 Å². The highest BCUT2D eigenvalue weighted by atomic mass is 19.3. The number of aliphatic hydroxyl groups is 2. The van der Waals surface area contributed by atoms with Gasteiger partial charge < -0.3 is 19.8 Å². The summed E-state index contributed by atoms with van der Waals surface area (Å²) in [5, 5.41) is 19.3. The Hall–Kier alpha value is -1.28. The largest absolute Gasteiger partial charge is 0.491 e. The summed E-state index contributed by atoms with van der Waals surface area (Å²) in [7, 11) is 0. The number of benzene rings is 1. The standard InChI is InChI=1S/C19H28F2N2O3/c20-19(21)13-23(14-19)9-15-1-3-18(4-2-15)26-12-17(25)10-22-7-5-16(11-24)6-8-22/h1-4,16-17,24-25H,5-14H2. The van der Waals surface area contributed by atoms with Crippen LogP contribution in [0.15, 0.2) is 24.3 Å². The van der Waals surface area contributed by atoms with Crippen LogP contribution in [0, 0.1) is 5.92 Å². The number of aliphatic hydroxyl groups excluding tert-OH is 2. The highest BCUT2D eigenvalue weighted by Gasteiger charge is 2.43. The van der Waals surface area contributed by atoms with Gasteiger partial charge in [-0.15, -0.1) is 0 Å². The van der Waals surface area contributed by atoms with Gasteiger partial charge in [-0.05, 0) is 49.5 Å². The molecular weight excluding hydrogens is 342 g/mol. The maximum absolute atomic E-state index is 12.8. The topological polar surface area (TPSA) is 56.2 Å². The molecule has 7 heteroatoms. The van der Waals surface area contributed by atoms with Crippen molar-refractivity contribution in [3.8, 4) is 5.75 Å². The molecule has 2 saturated heterocycles. The van der Waals surface area contributed by atoms with E-state index >= 15 is 0 Å². The lowest BCUT2D eigenvalue weighted by atomic mass is 9.98. The Morgan fingerprint density at radius 3 is 2.35 bits per heavy atom. The predicted molar refractivity (Wildman–Crippen MR) is 94.4 cm³/mol. The van der Waals surface area contributed by atoms with E-state index in [-0.39, 0.29) is 26.3 Å². The van der Waals surface area contributed by atoms with E-state index in [2.05, 4.69) is 4.90 Å². The Morgan fingerprint density at radius 1 is 1.12 bits per heavy atom. The first-order valence-corrected chi connectivity index (χ1v) is 9.27. The summed E-state index contributed by atoms with van der Waals surface area (Å²) in [6, 6.07) is 7.37. The lowest BCUT2D eigenvalue weighted by Crippen LogP contribution is -2.55. The third-order valence-corrected chi connectivity index (χ3v) is 5.12. The van der Waals surface area contributed by atoms with Crippen molar-refractivity contribution < 1.29 is 23.7 Å². The van der Waals surface area contributed by atoms with Crippen LogP contribution in [0.25, 0.3) is 0 Å². The van der Waals surface area contributed by atoms with Crippen LogP contribution in [-0.4, -0.2) is 78.0 Å². The van der Waals surface area contributed by atoms with Crippen LogP contribution in [-0.2, 0) is 6.54 Å². The van der Waals surface area contributed by atoms with E-state index in [4.69, 9.17) is 9.84 Å². The molecule has 0 radical (unpaired) electrons. The molecule has 0 spiro atoms. The first kappa shape index (κ1) is 19.5. The minimum atomic E-state index is -2.54. The van der Waals surface area contributed by atoms with Crippen molar-refractivity contribution in [1.29, 1.82) is 0 Å². The second-order valence-corrected chi connectivity index (χ2v) is 7.54. The van der Waals surface area contributed by atoms with Gasteiger partial charge in [-0.2, -0.15) is 0 Å². The molecule has 0 amide bonds. The van der Waals surface area contributed by atoms with Gasteiger partial charge in [0.2, 0.25) is 0 Å². The number of hydrogen-bond donors (Lipinski definition) is 2. The van der Waals surface area contributed by atoms with Crippen LogP contribution in [0.3, 0.4) is 0 Å². The zero-order valence-electron chi connectivity index (χ0n) is 15.0. The maximum atomic E-state index is 12.8. The van der Waals surface area contributed by atoms with Crippen LogP contribution in [0.4, 0.5) is 8.78 Å². The molecule has 0 aliphatic carbocycles. The van der Waals surface area contributed by atoms with Crippen LogP contribution in [0.1, 0.15) is 18.4 Å². The molecule has 1 aromatic carbocycles. The van der Waals surface area contributed by atoms with Gasteiger partial charge in [0.05, 0.1) is 13.1 Å². The minimum Gasteiger partial charge on any atom is -0.491 e. The van der Waals surface area contributed by atoms with E-state index in [1.165, 1.54) is 0 Å².